The fourth-order valence-electron chi connectivity index (χ4n) is 1.92. The van der Waals surface area contributed by atoms with Crippen LogP contribution in [0.25, 0.3) is 11.3 Å². The molecule has 23 heavy (non-hydrogen) atoms. The Labute approximate surface area is 135 Å². The number of carbonyl (C=O) groups excluding carboxylic acids is 1. The topological polar surface area (TPSA) is 87.3 Å². The van der Waals surface area contributed by atoms with Gasteiger partial charge in [-0.15, -0.1) is 0 Å². The van der Waals surface area contributed by atoms with Crippen LogP contribution in [0.4, 0.5) is 5.95 Å². The van der Waals surface area contributed by atoms with Gasteiger partial charge in [-0.05, 0) is 37.6 Å². The number of hydrogen-bond acceptors (Lipinski definition) is 6. The van der Waals surface area contributed by atoms with E-state index in [1.165, 1.54) is 6.07 Å². The van der Waals surface area contributed by atoms with Crippen molar-refractivity contribution in [2.24, 2.45) is 0 Å². The summed E-state index contributed by atoms with van der Waals surface area (Å²) in [5.41, 5.74) is 7.94. The van der Waals surface area contributed by atoms with Crippen LogP contribution in [0.2, 0.25) is 0 Å². The number of nitrogens with two attached hydrogens (primary N) is 1. The molecule has 2 rings (SSSR count). The van der Waals surface area contributed by atoms with E-state index in [9.17, 15) is 4.79 Å². The van der Waals surface area contributed by atoms with E-state index in [-0.39, 0.29) is 18.2 Å². The van der Waals surface area contributed by atoms with Gasteiger partial charge in [0.2, 0.25) is 5.95 Å². The second-order valence-electron chi connectivity index (χ2n) is 4.96. The smallest absolute Gasteiger partial charge is 0.357 e. The van der Waals surface area contributed by atoms with Crippen molar-refractivity contribution in [1.29, 1.82) is 0 Å². The lowest BCUT2D eigenvalue weighted by Crippen LogP contribution is -2.10. The Bertz CT molecular complexity index is 729. The fourth-order valence-corrected chi connectivity index (χ4v) is 1.92. The largest absolute Gasteiger partial charge is 0.489 e. The number of benzene rings is 1. The van der Waals surface area contributed by atoms with E-state index in [4.69, 9.17) is 15.2 Å². The SMILES string of the molecule is C=C(C)COc1ccccc1-c1cc(C(=O)OCC)nc(N)n1. The molecular formula is C17H19N3O3. The van der Waals surface area contributed by atoms with Gasteiger partial charge in [-0.3, -0.25) is 0 Å². The maximum absolute atomic E-state index is 11.9. The summed E-state index contributed by atoms with van der Waals surface area (Å²) in [5, 5.41) is 0. The van der Waals surface area contributed by atoms with Crippen molar-refractivity contribution in [2.45, 2.75) is 13.8 Å². The second kappa shape index (κ2) is 7.40. The van der Waals surface area contributed by atoms with Crippen LogP contribution in [0.15, 0.2) is 42.5 Å². The van der Waals surface area contributed by atoms with Crippen molar-refractivity contribution < 1.29 is 14.3 Å². The number of hydrogen-bond donors (Lipinski definition) is 1. The zero-order valence-corrected chi connectivity index (χ0v) is 13.2. The minimum atomic E-state index is -0.539. The van der Waals surface area contributed by atoms with Gasteiger partial charge >= 0.3 is 5.97 Å². The van der Waals surface area contributed by atoms with Crippen LogP contribution in [0.3, 0.4) is 0 Å². The quantitative estimate of drug-likeness (QED) is 0.652. The molecule has 0 aliphatic rings. The molecule has 1 heterocycles. The van der Waals surface area contributed by atoms with Gasteiger partial charge < -0.3 is 15.2 Å². The Hall–Kier alpha value is -2.89. The minimum absolute atomic E-state index is 0.000238. The molecule has 0 saturated carbocycles. The Morgan fingerprint density at radius 3 is 2.74 bits per heavy atom. The lowest BCUT2D eigenvalue weighted by molar-refractivity contribution is 0.0519. The summed E-state index contributed by atoms with van der Waals surface area (Å²) < 4.78 is 10.7. The molecule has 0 aliphatic heterocycles. The normalized spacial score (nSPS) is 10.2. The van der Waals surface area contributed by atoms with Crippen LogP contribution in [-0.4, -0.2) is 29.2 Å². The Morgan fingerprint density at radius 2 is 2.04 bits per heavy atom. The average molecular weight is 313 g/mol. The van der Waals surface area contributed by atoms with E-state index in [0.29, 0.717) is 23.6 Å². The highest BCUT2D eigenvalue weighted by Crippen LogP contribution is 2.29. The molecule has 0 atom stereocenters. The number of para-hydroxylation sites is 1. The van der Waals surface area contributed by atoms with E-state index in [0.717, 1.165) is 5.57 Å². The molecule has 0 bridgehead atoms. The molecule has 0 fully saturated rings. The van der Waals surface area contributed by atoms with Gasteiger partial charge in [-0.2, -0.15) is 0 Å². The van der Waals surface area contributed by atoms with E-state index in [1.807, 2.05) is 31.2 Å². The Kier molecular flexibility index (Phi) is 5.30. The van der Waals surface area contributed by atoms with Gasteiger partial charge in [0.25, 0.3) is 0 Å². The van der Waals surface area contributed by atoms with Crippen LogP contribution in [0, 0.1) is 0 Å². The molecule has 0 spiro atoms. The Balaban J connectivity index is 2.42. The first-order valence-corrected chi connectivity index (χ1v) is 7.19. The van der Waals surface area contributed by atoms with E-state index in [2.05, 4.69) is 16.5 Å². The summed E-state index contributed by atoms with van der Waals surface area (Å²) in [6.45, 7) is 8.07. The van der Waals surface area contributed by atoms with Gasteiger partial charge in [0.1, 0.15) is 12.4 Å². The predicted octanol–water partition coefficient (Wildman–Crippen LogP) is 2.86. The van der Waals surface area contributed by atoms with Gasteiger partial charge in [0, 0.05) is 5.56 Å². The van der Waals surface area contributed by atoms with E-state index < -0.39 is 5.97 Å². The van der Waals surface area contributed by atoms with E-state index in [1.54, 1.807) is 6.92 Å². The number of esters is 1. The zero-order chi connectivity index (χ0) is 16.8. The number of ether oxygens (including phenoxy) is 2. The molecule has 120 valence electrons. The van der Waals surface area contributed by atoms with Crippen molar-refractivity contribution in [3.63, 3.8) is 0 Å². The molecule has 6 nitrogen and oxygen atoms in total. The number of aromatic nitrogens is 2. The van der Waals surface area contributed by atoms with E-state index >= 15 is 0 Å². The third kappa shape index (κ3) is 4.29. The Morgan fingerprint density at radius 1 is 1.30 bits per heavy atom. The molecule has 1 aromatic heterocycles. The minimum Gasteiger partial charge on any atom is -0.489 e. The summed E-state index contributed by atoms with van der Waals surface area (Å²) in [4.78, 5) is 20.0. The monoisotopic (exact) mass is 313 g/mol. The second-order valence-corrected chi connectivity index (χ2v) is 4.96. The average Bonchev–Trinajstić information content (AvgIpc) is 2.53. The van der Waals surface area contributed by atoms with Crippen molar-refractivity contribution in [2.75, 3.05) is 18.9 Å². The van der Waals surface area contributed by atoms with Crippen LogP contribution in [0.5, 0.6) is 5.75 Å². The maximum Gasteiger partial charge on any atom is 0.357 e. The van der Waals surface area contributed by atoms with Gasteiger partial charge in [0.15, 0.2) is 5.69 Å². The van der Waals surface area contributed by atoms with Gasteiger partial charge in [-0.1, -0.05) is 18.7 Å². The highest BCUT2D eigenvalue weighted by molar-refractivity contribution is 5.89. The summed E-state index contributed by atoms with van der Waals surface area (Å²) in [5.74, 6) is 0.0897. The van der Waals surface area contributed by atoms with Crippen molar-refractivity contribution >= 4 is 11.9 Å². The first-order valence-electron chi connectivity index (χ1n) is 7.19. The summed E-state index contributed by atoms with van der Waals surface area (Å²) in [6, 6.07) is 8.90. The molecule has 0 aliphatic carbocycles. The lowest BCUT2D eigenvalue weighted by atomic mass is 10.1. The summed E-state index contributed by atoms with van der Waals surface area (Å²) >= 11 is 0. The highest BCUT2D eigenvalue weighted by Gasteiger charge is 2.15. The van der Waals surface area contributed by atoms with Crippen LogP contribution < -0.4 is 10.5 Å². The summed E-state index contributed by atoms with van der Waals surface area (Å²) in [7, 11) is 0. The van der Waals surface area contributed by atoms with Crippen LogP contribution in [0.1, 0.15) is 24.3 Å². The number of carbonyl (C=O) groups is 1. The first-order chi connectivity index (χ1) is 11.0. The third-order valence-electron chi connectivity index (χ3n) is 2.87. The molecule has 2 aromatic rings. The molecule has 6 heteroatoms. The van der Waals surface area contributed by atoms with Crippen molar-refractivity contribution in [1.82, 2.24) is 9.97 Å². The lowest BCUT2D eigenvalue weighted by Gasteiger charge is -2.12. The molecule has 0 amide bonds. The highest BCUT2D eigenvalue weighted by atomic mass is 16.5. The molecule has 1 aromatic carbocycles. The molecule has 0 saturated heterocycles. The summed E-state index contributed by atoms with van der Waals surface area (Å²) in [6.07, 6.45) is 0. The molecule has 2 N–H and O–H groups in total. The molecule has 0 radical (unpaired) electrons. The van der Waals surface area contributed by atoms with Crippen molar-refractivity contribution in [3.8, 4) is 17.0 Å². The molecule has 0 unspecified atom stereocenters. The first kappa shape index (κ1) is 16.5. The standard InChI is InChI=1S/C17H19N3O3/c1-4-22-16(21)14-9-13(19-17(18)20-14)12-7-5-6-8-15(12)23-10-11(2)3/h5-9H,2,4,10H2,1,3H3,(H2,18,19,20). The van der Waals surface area contributed by atoms with Gasteiger partial charge in [0.05, 0.1) is 12.3 Å². The number of anilines is 1. The fraction of sp³-hybridized carbons (Fsp3) is 0.235. The number of nitrogen functional groups attached to an aromatic ring is 1. The zero-order valence-electron chi connectivity index (χ0n) is 13.2. The van der Waals surface area contributed by atoms with Crippen LogP contribution >= 0.6 is 0 Å². The number of nitrogens with zero attached hydrogens (tertiary/aromatic N) is 2. The third-order valence-corrected chi connectivity index (χ3v) is 2.87. The van der Waals surface area contributed by atoms with Crippen molar-refractivity contribution in [3.05, 3.63) is 48.2 Å². The van der Waals surface area contributed by atoms with Gasteiger partial charge in [-0.25, -0.2) is 14.8 Å². The maximum atomic E-state index is 11.9. The predicted molar refractivity (Wildman–Crippen MR) is 88.1 cm³/mol. The molecular weight excluding hydrogens is 294 g/mol. The van der Waals surface area contributed by atoms with Crippen LogP contribution in [-0.2, 0) is 4.74 Å². The number of rotatable bonds is 6.